The molecule has 1 aromatic heterocycles. The van der Waals surface area contributed by atoms with Crippen molar-refractivity contribution in [2.45, 2.75) is 36.9 Å². The number of halogens is 3. The highest BCUT2D eigenvalue weighted by atomic mass is 19.4. The van der Waals surface area contributed by atoms with Crippen LogP contribution in [0.4, 0.5) is 19.0 Å². The van der Waals surface area contributed by atoms with E-state index in [1.807, 2.05) is 7.05 Å². The number of alkyl halides is 3. The first-order valence-electron chi connectivity index (χ1n) is 15.4. The number of aromatic nitrogens is 1. The van der Waals surface area contributed by atoms with Gasteiger partial charge in [0.2, 0.25) is 5.91 Å². The van der Waals surface area contributed by atoms with Crippen molar-refractivity contribution in [3.63, 3.8) is 0 Å². The number of fused-ring (bicyclic) bond motifs is 2. The summed E-state index contributed by atoms with van der Waals surface area (Å²) in [7, 11) is 2.03. The van der Waals surface area contributed by atoms with E-state index in [4.69, 9.17) is 9.47 Å². The molecule has 13 heteroatoms. The average molecular weight is 638 g/mol. The van der Waals surface area contributed by atoms with Gasteiger partial charge in [-0.15, -0.1) is 0 Å². The molecule has 1 saturated heterocycles. The van der Waals surface area contributed by atoms with Crippen molar-refractivity contribution >= 4 is 17.6 Å². The maximum absolute atomic E-state index is 14.0. The summed E-state index contributed by atoms with van der Waals surface area (Å²) in [6.07, 6.45) is -1.70. The van der Waals surface area contributed by atoms with Crippen molar-refractivity contribution in [2.24, 2.45) is 5.92 Å². The summed E-state index contributed by atoms with van der Waals surface area (Å²) in [5, 5.41) is 16.4. The first-order chi connectivity index (χ1) is 22.0. The monoisotopic (exact) mass is 637 g/mol. The molecular weight excluding hydrogens is 603 g/mol. The van der Waals surface area contributed by atoms with Crippen LogP contribution in [0.1, 0.15) is 45.8 Å². The largest absolute Gasteiger partial charge is 0.508 e. The first kappa shape index (κ1) is 30.3. The van der Waals surface area contributed by atoms with Crippen LogP contribution in [-0.2, 0) is 17.4 Å². The second-order valence-electron chi connectivity index (χ2n) is 12.5. The summed E-state index contributed by atoms with van der Waals surface area (Å²) in [4.78, 5) is 33.6. The Morgan fingerprint density at radius 3 is 2.67 bits per heavy atom. The van der Waals surface area contributed by atoms with Gasteiger partial charge in [0.1, 0.15) is 35.4 Å². The minimum Gasteiger partial charge on any atom is -0.508 e. The Morgan fingerprint density at radius 2 is 1.91 bits per heavy atom. The number of nitrogens with zero attached hydrogens (tertiary/aromatic N) is 3. The molecule has 46 heavy (non-hydrogen) atoms. The van der Waals surface area contributed by atoms with E-state index in [0.717, 1.165) is 37.8 Å². The van der Waals surface area contributed by atoms with Crippen molar-refractivity contribution in [3.05, 3.63) is 70.9 Å². The number of hydrogen-bond donors (Lipinski definition) is 3. The molecule has 2 aliphatic heterocycles. The molecule has 3 fully saturated rings. The van der Waals surface area contributed by atoms with Gasteiger partial charge in [0.25, 0.3) is 5.91 Å². The fraction of sp³-hybridized carbons (Fsp3) is 0.424. The minimum atomic E-state index is -4.70. The van der Waals surface area contributed by atoms with Gasteiger partial charge in [-0.25, -0.2) is 4.98 Å². The van der Waals surface area contributed by atoms with Crippen LogP contribution in [0, 0.1) is 5.92 Å². The Labute approximate surface area is 263 Å². The zero-order valence-corrected chi connectivity index (χ0v) is 25.2. The van der Waals surface area contributed by atoms with Crippen molar-refractivity contribution in [1.82, 2.24) is 20.1 Å². The number of phenols is 1. The summed E-state index contributed by atoms with van der Waals surface area (Å²) in [6, 6.07) is 9.97. The van der Waals surface area contributed by atoms with Gasteiger partial charge in [0.15, 0.2) is 0 Å². The van der Waals surface area contributed by atoms with Crippen LogP contribution < -0.4 is 20.1 Å². The summed E-state index contributed by atoms with van der Waals surface area (Å²) < 4.78 is 53.7. The van der Waals surface area contributed by atoms with Gasteiger partial charge in [-0.3, -0.25) is 14.5 Å². The highest BCUT2D eigenvalue weighted by Crippen LogP contribution is 2.77. The molecule has 2 aliphatic carbocycles. The van der Waals surface area contributed by atoms with Crippen molar-refractivity contribution in [2.75, 3.05) is 51.7 Å². The summed E-state index contributed by atoms with van der Waals surface area (Å²) in [6.45, 7) is 4.08. The van der Waals surface area contributed by atoms with Crippen LogP contribution in [0.15, 0.2) is 48.7 Å². The number of aromatic hydroxyl groups is 1. The van der Waals surface area contributed by atoms with E-state index in [2.05, 4.69) is 25.4 Å². The number of carbonyl (C=O) groups is 2. The van der Waals surface area contributed by atoms with Crippen LogP contribution >= 0.6 is 0 Å². The molecular formula is C33H34F3N5O5. The Balaban J connectivity index is 1.02. The van der Waals surface area contributed by atoms with E-state index in [1.54, 1.807) is 24.4 Å². The molecule has 2 saturated carbocycles. The maximum atomic E-state index is 14.0. The van der Waals surface area contributed by atoms with E-state index in [1.165, 1.54) is 18.2 Å². The molecule has 0 bridgehead atoms. The smallest absolute Gasteiger partial charge is 0.419 e. The molecule has 3 aromatic rings. The Bertz CT molecular complexity index is 1690. The fourth-order valence-corrected chi connectivity index (χ4v) is 6.61. The number of amides is 2. The molecule has 3 heterocycles. The number of benzene rings is 2. The molecule has 0 radical (unpaired) electrons. The van der Waals surface area contributed by atoms with Crippen LogP contribution in [0.2, 0.25) is 0 Å². The van der Waals surface area contributed by atoms with E-state index in [-0.39, 0.29) is 41.4 Å². The number of likely N-dealkylation sites (N-methyl/N-ethyl adjacent to an activating group) is 1. The predicted molar refractivity (Wildman–Crippen MR) is 161 cm³/mol. The van der Waals surface area contributed by atoms with Gasteiger partial charge in [-0.1, -0.05) is 0 Å². The molecule has 242 valence electrons. The molecule has 4 aliphatic rings. The topological polar surface area (TPSA) is 116 Å². The number of hydrogen-bond acceptors (Lipinski definition) is 8. The number of rotatable bonds is 9. The van der Waals surface area contributed by atoms with E-state index in [9.17, 15) is 27.9 Å². The van der Waals surface area contributed by atoms with E-state index < -0.39 is 23.2 Å². The summed E-state index contributed by atoms with van der Waals surface area (Å²) in [5.41, 5.74) is -0.371. The predicted octanol–water partition coefficient (Wildman–Crippen LogP) is 4.40. The number of pyridine rings is 1. The lowest BCUT2D eigenvalue weighted by molar-refractivity contribution is -0.139. The average Bonchev–Trinajstić information content (AvgIpc) is 3.89. The van der Waals surface area contributed by atoms with Crippen LogP contribution in [-0.4, -0.2) is 83.6 Å². The minimum absolute atomic E-state index is 0.0413. The van der Waals surface area contributed by atoms with Gasteiger partial charge < -0.3 is 30.1 Å². The molecule has 10 nitrogen and oxygen atoms in total. The third kappa shape index (κ3) is 5.84. The summed E-state index contributed by atoms with van der Waals surface area (Å²) >= 11 is 0. The maximum Gasteiger partial charge on any atom is 0.419 e. The lowest BCUT2D eigenvalue weighted by atomic mass is 9.99. The molecule has 2 amide bonds. The third-order valence-corrected chi connectivity index (χ3v) is 9.50. The highest BCUT2D eigenvalue weighted by Gasteiger charge is 2.80. The molecule has 7 rings (SSSR count). The van der Waals surface area contributed by atoms with Crippen molar-refractivity contribution in [3.8, 4) is 23.0 Å². The molecule has 2 aromatic carbocycles. The number of nitrogens with one attached hydrogen (secondary N) is 2. The summed E-state index contributed by atoms with van der Waals surface area (Å²) in [5.74, 6) is 0.324. The standard InChI is InChI=1S/C33H34F3N5O5/c1-40-10-12-41(13-11-40)14-15-45-27-6-2-19(16-23(27)33(34,35)36)31(44)39-32-18-24(32)29(32)22-17-20(3-5-25(22)42)46-26-8-9-37-30-21(26)4-7-28(43)38-30/h2-3,5-6,8-9,16-17,24,29,42H,4,7,10-15,18H2,1H3,(H,39,44)(H,37,38,43)/t24-,29+,32-/m0/s1. The number of carbonyl (C=O) groups excluding carboxylic acids is 2. The molecule has 0 unspecified atom stereocenters. The van der Waals surface area contributed by atoms with Gasteiger partial charge in [-0.2, -0.15) is 13.2 Å². The molecule has 3 N–H and O–H groups in total. The zero-order valence-electron chi connectivity index (χ0n) is 25.2. The van der Waals surface area contributed by atoms with E-state index in [0.29, 0.717) is 48.7 Å². The fourth-order valence-electron chi connectivity index (χ4n) is 6.61. The second kappa shape index (κ2) is 11.5. The molecule has 0 spiro atoms. The number of anilines is 1. The van der Waals surface area contributed by atoms with Gasteiger partial charge >= 0.3 is 6.18 Å². The number of phenolic OH excluding ortho intramolecular Hbond substituents is 1. The van der Waals surface area contributed by atoms with Crippen LogP contribution in [0.5, 0.6) is 23.0 Å². The van der Waals surface area contributed by atoms with Gasteiger partial charge in [-0.05, 0) is 68.3 Å². The van der Waals surface area contributed by atoms with Crippen molar-refractivity contribution < 1.29 is 37.3 Å². The lowest BCUT2D eigenvalue weighted by Crippen LogP contribution is -2.45. The first-order valence-corrected chi connectivity index (χ1v) is 15.4. The third-order valence-electron chi connectivity index (χ3n) is 9.50. The Morgan fingerprint density at radius 1 is 1.11 bits per heavy atom. The van der Waals surface area contributed by atoms with Gasteiger partial charge in [0, 0.05) is 67.9 Å². The SMILES string of the molecule is CN1CCN(CCOc2ccc(C(=O)N[C@@]34C[C@H]3[C@H]4c3cc(Oc4ccnc5c4CCC(=O)N5)ccc3O)cc2C(F)(F)F)CC1. The van der Waals surface area contributed by atoms with Gasteiger partial charge in [0.05, 0.1) is 11.1 Å². The number of piperazine rings is 1. The normalized spacial score (nSPS) is 24.0. The van der Waals surface area contributed by atoms with E-state index >= 15 is 0 Å². The zero-order chi connectivity index (χ0) is 32.2. The molecule has 3 atom stereocenters. The van der Waals surface area contributed by atoms with Crippen LogP contribution in [0.3, 0.4) is 0 Å². The number of ether oxygens (including phenoxy) is 2. The Kier molecular flexibility index (Phi) is 7.55. The highest BCUT2D eigenvalue weighted by molar-refractivity contribution is 5.96. The quantitative estimate of drug-likeness (QED) is 0.317. The van der Waals surface area contributed by atoms with Crippen molar-refractivity contribution in [1.29, 1.82) is 0 Å². The van der Waals surface area contributed by atoms with Crippen LogP contribution in [0.25, 0.3) is 0 Å². The Hall–Kier alpha value is -4.36. The second-order valence-corrected chi connectivity index (χ2v) is 12.5. The lowest BCUT2D eigenvalue weighted by Gasteiger charge is -2.32.